The van der Waals surface area contributed by atoms with Crippen molar-refractivity contribution < 1.29 is 8.85 Å². The summed E-state index contributed by atoms with van der Waals surface area (Å²) in [4.78, 5) is 0. The molecule has 1 atom stereocenters. The second-order valence-corrected chi connectivity index (χ2v) is 9.12. The van der Waals surface area contributed by atoms with Gasteiger partial charge in [-0.15, -0.1) is 0 Å². The van der Waals surface area contributed by atoms with E-state index in [0.29, 0.717) is 5.54 Å². The van der Waals surface area contributed by atoms with Gasteiger partial charge in [-0.25, -0.2) is 0 Å². The number of unbranched alkanes of at least 4 members (excludes halogenated alkanes) is 8. The molecule has 0 aliphatic carbocycles. The molecule has 0 heterocycles. The zero-order valence-corrected chi connectivity index (χ0v) is 18.0. The van der Waals surface area contributed by atoms with E-state index in [1.807, 2.05) is 0 Å². The van der Waals surface area contributed by atoms with Gasteiger partial charge in [0.25, 0.3) is 0 Å². The highest BCUT2D eigenvalue weighted by Gasteiger charge is 2.26. The molecule has 0 amide bonds. The molecule has 1 aromatic carbocycles. The van der Waals surface area contributed by atoms with Crippen LogP contribution < -0.4 is 0 Å². The van der Waals surface area contributed by atoms with E-state index in [0.717, 1.165) is 13.2 Å². The lowest BCUT2D eigenvalue weighted by Crippen LogP contribution is -2.31. The summed E-state index contributed by atoms with van der Waals surface area (Å²) in [6.07, 6.45) is 13.6. The number of rotatable bonds is 16. The van der Waals surface area contributed by atoms with Crippen LogP contribution in [0.4, 0.5) is 0 Å². The van der Waals surface area contributed by atoms with Gasteiger partial charge in [0, 0.05) is 18.8 Å². The first kappa shape index (κ1) is 22.4. The summed E-state index contributed by atoms with van der Waals surface area (Å²) in [7, 11) is -1.65. The normalized spacial score (nSPS) is 12.6. The Morgan fingerprint density at radius 3 is 1.76 bits per heavy atom. The van der Waals surface area contributed by atoms with Crippen LogP contribution in [0.25, 0.3) is 0 Å². The van der Waals surface area contributed by atoms with Crippen molar-refractivity contribution in [1.29, 1.82) is 0 Å². The molecule has 0 saturated carbocycles. The minimum Gasteiger partial charge on any atom is -0.396 e. The third-order valence-electron chi connectivity index (χ3n) is 4.84. The average Bonchev–Trinajstić information content (AvgIpc) is 2.64. The molecule has 144 valence electrons. The molecule has 0 N–H and O–H groups in total. The molecule has 0 fully saturated rings. The quantitative estimate of drug-likeness (QED) is 0.245. The Morgan fingerprint density at radius 1 is 0.720 bits per heavy atom. The van der Waals surface area contributed by atoms with Gasteiger partial charge in [-0.05, 0) is 25.8 Å². The van der Waals surface area contributed by atoms with Gasteiger partial charge < -0.3 is 8.85 Å². The molecule has 1 unspecified atom stereocenters. The van der Waals surface area contributed by atoms with E-state index in [1.165, 1.54) is 69.8 Å². The van der Waals surface area contributed by atoms with Crippen molar-refractivity contribution in [2.24, 2.45) is 0 Å². The SMILES string of the molecule is CCCCCCCCCCCC(c1ccccc1)[SiH](OCC)OCC. The van der Waals surface area contributed by atoms with Gasteiger partial charge in [0.1, 0.15) is 0 Å². The molecule has 0 aliphatic heterocycles. The van der Waals surface area contributed by atoms with Gasteiger partial charge in [-0.3, -0.25) is 0 Å². The summed E-state index contributed by atoms with van der Waals surface area (Å²) < 4.78 is 12.1. The molecule has 0 spiro atoms. The van der Waals surface area contributed by atoms with Crippen molar-refractivity contribution in [3.63, 3.8) is 0 Å². The molecule has 0 radical (unpaired) electrons. The predicted molar refractivity (Wildman–Crippen MR) is 111 cm³/mol. The van der Waals surface area contributed by atoms with E-state index in [-0.39, 0.29) is 0 Å². The minimum absolute atomic E-state index is 0.477. The average molecular weight is 365 g/mol. The van der Waals surface area contributed by atoms with Crippen molar-refractivity contribution in [2.75, 3.05) is 13.2 Å². The van der Waals surface area contributed by atoms with Crippen LogP contribution in [0.3, 0.4) is 0 Å². The zero-order chi connectivity index (χ0) is 18.2. The summed E-state index contributed by atoms with van der Waals surface area (Å²) in [6.45, 7) is 7.97. The van der Waals surface area contributed by atoms with Gasteiger partial charge >= 0.3 is 9.28 Å². The summed E-state index contributed by atoms with van der Waals surface area (Å²) in [5, 5.41) is 0. The Labute approximate surface area is 158 Å². The third kappa shape index (κ3) is 10.2. The van der Waals surface area contributed by atoms with Crippen molar-refractivity contribution >= 4 is 9.28 Å². The molecule has 25 heavy (non-hydrogen) atoms. The summed E-state index contributed by atoms with van der Waals surface area (Å²) in [6, 6.07) is 10.9. The molecule has 1 aromatic rings. The van der Waals surface area contributed by atoms with Crippen LogP contribution in [-0.4, -0.2) is 22.5 Å². The van der Waals surface area contributed by atoms with E-state index >= 15 is 0 Å². The fraction of sp³-hybridized carbons (Fsp3) is 0.727. The lowest BCUT2D eigenvalue weighted by Gasteiger charge is -2.25. The molecule has 0 aliphatic rings. The Balaban J connectivity index is 2.38. The first-order valence-electron chi connectivity index (χ1n) is 10.6. The highest BCUT2D eigenvalue weighted by atomic mass is 28.3. The largest absolute Gasteiger partial charge is 0.396 e. The molecule has 0 bridgehead atoms. The second-order valence-electron chi connectivity index (χ2n) is 6.91. The third-order valence-corrected chi connectivity index (χ3v) is 7.54. The maximum atomic E-state index is 6.05. The van der Waals surface area contributed by atoms with E-state index in [4.69, 9.17) is 8.85 Å². The minimum atomic E-state index is -1.65. The van der Waals surface area contributed by atoms with E-state index < -0.39 is 9.28 Å². The van der Waals surface area contributed by atoms with Gasteiger partial charge in [0.2, 0.25) is 0 Å². The number of hydrogen-bond acceptors (Lipinski definition) is 2. The number of benzene rings is 1. The zero-order valence-electron chi connectivity index (χ0n) is 16.8. The highest BCUT2D eigenvalue weighted by Crippen LogP contribution is 2.27. The van der Waals surface area contributed by atoms with Crippen molar-refractivity contribution in [2.45, 2.75) is 90.5 Å². The first-order chi connectivity index (χ1) is 12.3. The van der Waals surface area contributed by atoms with Crippen LogP contribution in [0.1, 0.15) is 96.1 Å². The Kier molecular flexibility index (Phi) is 14.0. The smallest absolute Gasteiger partial charge is 0.329 e. The predicted octanol–water partition coefficient (Wildman–Crippen LogP) is 6.52. The summed E-state index contributed by atoms with van der Waals surface area (Å²) >= 11 is 0. The molecule has 1 rings (SSSR count). The Bertz CT molecular complexity index is 390. The fourth-order valence-corrected chi connectivity index (χ4v) is 5.71. The molecular weight excluding hydrogens is 324 g/mol. The first-order valence-corrected chi connectivity index (χ1v) is 12.2. The van der Waals surface area contributed by atoms with Gasteiger partial charge in [-0.1, -0.05) is 95.0 Å². The standard InChI is InChI=1S/C22H40O2Si/c1-4-7-8-9-10-11-12-13-17-20-22(21-18-15-14-16-19-21)25(23-5-2)24-6-3/h14-16,18-19,22,25H,4-13,17,20H2,1-3H3. The van der Waals surface area contributed by atoms with Crippen LogP contribution in [0, 0.1) is 0 Å². The maximum absolute atomic E-state index is 6.05. The monoisotopic (exact) mass is 364 g/mol. The number of hydrogen-bond donors (Lipinski definition) is 0. The van der Waals surface area contributed by atoms with E-state index in [2.05, 4.69) is 51.1 Å². The van der Waals surface area contributed by atoms with Crippen LogP contribution in [-0.2, 0) is 8.85 Å². The van der Waals surface area contributed by atoms with Gasteiger partial charge in [0.15, 0.2) is 0 Å². The van der Waals surface area contributed by atoms with E-state index in [9.17, 15) is 0 Å². The van der Waals surface area contributed by atoms with Gasteiger partial charge in [0.05, 0.1) is 0 Å². The molecular formula is C22H40O2Si. The lowest BCUT2D eigenvalue weighted by molar-refractivity contribution is 0.202. The molecule has 0 saturated heterocycles. The molecule has 3 heteroatoms. The highest BCUT2D eigenvalue weighted by molar-refractivity contribution is 6.46. The maximum Gasteiger partial charge on any atom is 0.329 e. The topological polar surface area (TPSA) is 18.5 Å². The summed E-state index contributed by atoms with van der Waals surface area (Å²) in [5.74, 6) is 0. The summed E-state index contributed by atoms with van der Waals surface area (Å²) in [5.41, 5.74) is 1.88. The fourth-order valence-electron chi connectivity index (χ4n) is 3.44. The van der Waals surface area contributed by atoms with Crippen LogP contribution in [0.15, 0.2) is 30.3 Å². The molecule has 0 aromatic heterocycles. The van der Waals surface area contributed by atoms with Crippen LogP contribution >= 0.6 is 0 Å². The van der Waals surface area contributed by atoms with Crippen molar-refractivity contribution in [3.8, 4) is 0 Å². The van der Waals surface area contributed by atoms with Crippen molar-refractivity contribution in [3.05, 3.63) is 35.9 Å². The van der Waals surface area contributed by atoms with Gasteiger partial charge in [-0.2, -0.15) is 0 Å². The van der Waals surface area contributed by atoms with Crippen LogP contribution in [0.5, 0.6) is 0 Å². The van der Waals surface area contributed by atoms with E-state index in [1.54, 1.807) is 0 Å². The second kappa shape index (κ2) is 15.6. The molecule has 2 nitrogen and oxygen atoms in total. The Hall–Kier alpha value is -0.643. The Morgan fingerprint density at radius 2 is 1.24 bits per heavy atom. The van der Waals surface area contributed by atoms with Crippen LogP contribution in [0.2, 0.25) is 0 Å². The van der Waals surface area contributed by atoms with Crippen molar-refractivity contribution in [1.82, 2.24) is 0 Å². The lowest BCUT2D eigenvalue weighted by atomic mass is 10.0.